The fourth-order valence-corrected chi connectivity index (χ4v) is 5.87. The average Bonchev–Trinajstić information content (AvgIpc) is 2.99. The van der Waals surface area contributed by atoms with Crippen LogP contribution in [-0.2, 0) is 4.79 Å². The second kappa shape index (κ2) is 5.46. The van der Waals surface area contributed by atoms with Gasteiger partial charge in [-0.25, -0.2) is 0 Å². The van der Waals surface area contributed by atoms with E-state index in [0.29, 0.717) is 19.0 Å². The van der Waals surface area contributed by atoms with E-state index in [1.807, 2.05) is 0 Å². The maximum Gasteiger partial charge on any atom is 0.237 e. The van der Waals surface area contributed by atoms with Crippen molar-refractivity contribution in [1.29, 1.82) is 5.26 Å². The van der Waals surface area contributed by atoms with Crippen LogP contribution in [0.5, 0.6) is 0 Å². The molecular weight excluding hydrogens is 290 g/mol. The first-order valence-electron chi connectivity index (χ1n) is 9.19. The first-order valence-corrected chi connectivity index (χ1v) is 9.19. The van der Waals surface area contributed by atoms with E-state index in [2.05, 4.69) is 11.4 Å². The number of fused-ring (bicyclic) bond motifs is 2. The standard InChI is InChI=1S/C18H27N3O2/c19-10-15-2-1-7-21(15)16(22)11-20-17-5-3-13-4-6-18(23,12-17)9-14(13)8-17/h13-15,20,23H,1-9,11-12H2/t13?,14?,15-,17?,18?/m0/s1. The lowest BCUT2D eigenvalue weighted by molar-refractivity contribution is -0.136. The molecule has 23 heavy (non-hydrogen) atoms. The highest BCUT2D eigenvalue weighted by atomic mass is 16.3. The smallest absolute Gasteiger partial charge is 0.237 e. The quantitative estimate of drug-likeness (QED) is 0.828. The monoisotopic (exact) mass is 317 g/mol. The summed E-state index contributed by atoms with van der Waals surface area (Å²) in [6, 6.07) is 2.00. The topological polar surface area (TPSA) is 76.4 Å². The minimum atomic E-state index is -0.515. The van der Waals surface area contributed by atoms with Gasteiger partial charge in [-0.1, -0.05) is 0 Å². The van der Waals surface area contributed by atoms with E-state index in [0.717, 1.165) is 50.9 Å². The Hall–Kier alpha value is -1.12. The average molecular weight is 317 g/mol. The van der Waals surface area contributed by atoms with Gasteiger partial charge in [-0.15, -0.1) is 0 Å². The van der Waals surface area contributed by atoms with Crippen LogP contribution < -0.4 is 5.32 Å². The molecule has 0 aromatic heterocycles. The first-order chi connectivity index (χ1) is 11.0. The van der Waals surface area contributed by atoms with Gasteiger partial charge < -0.3 is 15.3 Å². The Kier molecular flexibility index (Phi) is 3.66. The second-order valence-electron chi connectivity index (χ2n) is 8.42. The van der Waals surface area contributed by atoms with Crippen molar-refractivity contribution in [2.75, 3.05) is 13.1 Å². The lowest BCUT2D eigenvalue weighted by Crippen LogP contribution is -2.63. The Morgan fingerprint density at radius 3 is 2.91 bits per heavy atom. The molecule has 0 aromatic rings. The summed E-state index contributed by atoms with van der Waals surface area (Å²) in [6.45, 7) is 1.02. The van der Waals surface area contributed by atoms with Crippen LogP contribution in [0.25, 0.3) is 0 Å². The number of nitrogens with one attached hydrogen (secondary N) is 1. The van der Waals surface area contributed by atoms with Gasteiger partial charge in [-0.05, 0) is 69.6 Å². The van der Waals surface area contributed by atoms with Crippen LogP contribution in [-0.4, -0.2) is 46.2 Å². The van der Waals surface area contributed by atoms with Gasteiger partial charge in [0.05, 0.1) is 18.2 Å². The minimum absolute atomic E-state index is 0.0493. The fourth-order valence-electron chi connectivity index (χ4n) is 5.87. The van der Waals surface area contributed by atoms with Crippen LogP contribution in [0.15, 0.2) is 0 Å². The molecule has 1 heterocycles. The van der Waals surface area contributed by atoms with Crippen molar-refractivity contribution in [2.45, 2.75) is 75.0 Å². The summed E-state index contributed by atoms with van der Waals surface area (Å²) < 4.78 is 0. The van der Waals surface area contributed by atoms with Crippen LogP contribution in [0.3, 0.4) is 0 Å². The molecule has 126 valence electrons. The second-order valence-corrected chi connectivity index (χ2v) is 8.42. The third-order valence-electron chi connectivity index (χ3n) is 6.94. The number of hydrogen-bond acceptors (Lipinski definition) is 4. The number of likely N-dealkylation sites (tertiary alicyclic amines) is 1. The lowest BCUT2D eigenvalue weighted by atomic mass is 9.53. The number of carbonyl (C=O) groups is 1. The number of carbonyl (C=O) groups excluding carboxylic acids is 1. The van der Waals surface area contributed by atoms with Crippen molar-refractivity contribution < 1.29 is 9.90 Å². The summed E-state index contributed by atoms with van der Waals surface area (Å²) in [5, 5.41) is 23.6. The predicted octanol–water partition coefficient (Wildman–Crippen LogP) is 1.56. The molecule has 4 fully saturated rings. The van der Waals surface area contributed by atoms with Crippen LogP contribution >= 0.6 is 0 Å². The summed E-state index contributed by atoms with van der Waals surface area (Å²) in [5.41, 5.74) is -0.579. The Morgan fingerprint density at radius 2 is 2.09 bits per heavy atom. The highest BCUT2D eigenvalue weighted by Crippen LogP contribution is 2.55. The molecule has 0 radical (unpaired) electrons. The van der Waals surface area contributed by atoms with Crippen molar-refractivity contribution in [2.24, 2.45) is 11.8 Å². The van der Waals surface area contributed by atoms with Crippen molar-refractivity contribution >= 4 is 5.91 Å². The minimum Gasteiger partial charge on any atom is -0.390 e. The number of amides is 1. The van der Waals surface area contributed by atoms with Crippen molar-refractivity contribution in [3.05, 3.63) is 0 Å². The summed E-state index contributed by atoms with van der Waals surface area (Å²) in [5.74, 6) is 1.45. The molecule has 4 rings (SSSR count). The molecule has 1 aliphatic heterocycles. The number of rotatable bonds is 3. The van der Waals surface area contributed by atoms with Crippen LogP contribution in [0.2, 0.25) is 0 Å². The Balaban J connectivity index is 1.42. The molecule has 3 saturated carbocycles. The maximum atomic E-state index is 12.5. The Morgan fingerprint density at radius 1 is 1.26 bits per heavy atom. The van der Waals surface area contributed by atoms with E-state index < -0.39 is 5.60 Å². The molecule has 5 atom stereocenters. The number of nitrogens with zero attached hydrogens (tertiary/aromatic N) is 2. The van der Waals surface area contributed by atoms with Gasteiger partial charge in [0.1, 0.15) is 6.04 Å². The van der Waals surface area contributed by atoms with Gasteiger partial charge in [0.25, 0.3) is 0 Å². The maximum absolute atomic E-state index is 12.5. The predicted molar refractivity (Wildman–Crippen MR) is 85.3 cm³/mol. The number of nitriles is 1. The zero-order valence-corrected chi connectivity index (χ0v) is 13.8. The van der Waals surface area contributed by atoms with Gasteiger partial charge in [0.2, 0.25) is 5.91 Å². The van der Waals surface area contributed by atoms with E-state index in [1.54, 1.807) is 4.90 Å². The van der Waals surface area contributed by atoms with E-state index in [4.69, 9.17) is 5.26 Å². The zero-order chi connectivity index (χ0) is 16.1. The zero-order valence-electron chi connectivity index (χ0n) is 13.8. The summed E-state index contributed by atoms with van der Waals surface area (Å²) in [4.78, 5) is 14.2. The van der Waals surface area contributed by atoms with E-state index in [9.17, 15) is 9.90 Å². The molecule has 2 N–H and O–H groups in total. The molecule has 5 nitrogen and oxygen atoms in total. The summed E-state index contributed by atoms with van der Waals surface area (Å²) in [7, 11) is 0. The van der Waals surface area contributed by atoms with Crippen molar-refractivity contribution in [1.82, 2.24) is 10.2 Å². The summed E-state index contributed by atoms with van der Waals surface area (Å²) in [6.07, 6.45) is 8.99. The van der Waals surface area contributed by atoms with E-state index in [1.165, 1.54) is 12.8 Å². The summed E-state index contributed by atoms with van der Waals surface area (Å²) >= 11 is 0. The van der Waals surface area contributed by atoms with Crippen LogP contribution in [0.1, 0.15) is 57.8 Å². The third kappa shape index (κ3) is 2.66. The molecule has 1 saturated heterocycles. The molecular formula is C18H27N3O2. The normalized spacial score (nSPS) is 45.0. The molecule has 1 amide bonds. The Labute approximate surface area is 138 Å². The number of hydrogen-bond donors (Lipinski definition) is 2. The third-order valence-corrected chi connectivity index (χ3v) is 6.94. The molecule has 3 aliphatic carbocycles. The highest BCUT2D eigenvalue weighted by molar-refractivity contribution is 5.79. The van der Waals surface area contributed by atoms with Crippen LogP contribution in [0, 0.1) is 23.2 Å². The van der Waals surface area contributed by atoms with Gasteiger partial charge in [0, 0.05) is 12.1 Å². The number of aliphatic hydroxyl groups is 1. The molecule has 0 spiro atoms. The molecule has 4 unspecified atom stereocenters. The van der Waals surface area contributed by atoms with Gasteiger partial charge in [-0.3, -0.25) is 4.79 Å². The van der Waals surface area contributed by atoms with E-state index in [-0.39, 0.29) is 17.5 Å². The van der Waals surface area contributed by atoms with E-state index >= 15 is 0 Å². The first kappa shape index (κ1) is 15.4. The van der Waals surface area contributed by atoms with Crippen LogP contribution in [0.4, 0.5) is 0 Å². The van der Waals surface area contributed by atoms with Crippen molar-refractivity contribution in [3.63, 3.8) is 0 Å². The van der Waals surface area contributed by atoms with Gasteiger partial charge in [-0.2, -0.15) is 5.26 Å². The lowest BCUT2D eigenvalue weighted by Gasteiger charge is -2.58. The highest BCUT2D eigenvalue weighted by Gasteiger charge is 2.54. The molecule has 3 bridgehead atoms. The van der Waals surface area contributed by atoms with Gasteiger partial charge in [0.15, 0.2) is 0 Å². The SMILES string of the molecule is N#C[C@@H]1CCCN1C(=O)CNC12CCC3CCC(O)(CC3C1)C2. The molecule has 0 aromatic carbocycles. The van der Waals surface area contributed by atoms with Crippen molar-refractivity contribution in [3.8, 4) is 6.07 Å². The van der Waals surface area contributed by atoms with Gasteiger partial charge >= 0.3 is 0 Å². The molecule has 5 heteroatoms. The molecule has 4 aliphatic rings. The largest absolute Gasteiger partial charge is 0.390 e. The fraction of sp³-hybridized carbons (Fsp3) is 0.889. The Bertz CT molecular complexity index is 545.